The van der Waals surface area contributed by atoms with Crippen molar-refractivity contribution in [1.29, 1.82) is 0 Å². The molecular weight excluding hydrogens is 266 g/mol. The van der Waals surface area contributed by atoms with Gasteiger partial charge in [-0.05, 0) is 36.5 Å². The molecule has 21 heavy (non-hydrogen) atoms. The first-order valence-corrected chi connectivity index (χ1v) is 7.33. The van der Waals surface area contributed by atoms with Gasteiger partial charge in [-0.2, -0.15) is 0 Å². The van der Waals surface area contributed by atoms with Crippen molar-refractivity contribution in [3.05, 3.63) is 41.2 Å². The third-order valence-corrected chi connectivity index (χ3v) is 3.88. The zero-order valence-electron chi connectivity index (χ0n) is 12.3. The van der Waals surface area contributed by atoms with Gasteiger partial charge in [0, 0.05) is 6.61 Å². The molecule has 3 rings (SSSR count). The first kappa shape index (κ1) is 13.9. The second-order valence-corrected chi connectivity index (χ2v) is 5.64. The molecule has 1 aliphatic rings. The maximum atomic E-state index is 11.2. The Morgan fingerprint density at radius 1 is 1.33 bits per heavy atom. The van der Waals surface area contributed by atoms with Gasteiger partial charge in [0.25, 0.3) is 0 Å². The van der Waals surface area contributed by atoms with E-state index in [0.717, 1.165) is 37.1 Å². The highest BCUT2D eigenvalue weighted by Gasteiger charge is 2.27. The molecule has 2 heterocycles. The second-order valence-electron chi connectivity index (χ2n) is 5.64. The van der Waals surface area contributed by atoms with Crippen LogP contribution in [0.15, 0.2) is 24.3 Å². The summed E-state index contributed by atoms with van der Waals surface area (Å²) in [7, 11) is 0. The van der Waals surface area contributed by atoms with Crippen LogP contribution >= 0.6 is 0 Å². The predicted molar refractivity (Wildman–Crippen MR) is 78.8 cm³/mol. The van der Waals surface area contributed by atoms with Crippen LogP contribution in [0.3, 0.4) is 0 Å². The summed E-state index contributed by atoms with van der Waals surface area (Å²) < 4.78 is 7.43. The minimum Gasteiger partial charge on any atom is -0.372 e. The molecule has 1 saturated heterocycles. The van der Waals surface area contributed by atoms with Gasteiger partial charge in [-0.3, -0.25) is 4.79 Å². The van der Waals surface area contributed by atoms with E-state index in [1.807, 2.05) is 12.1 Å². The smallest absolute Gasteiger partial charge is 0.172 e. The van der Waals surface area contributed by atoms with Crippen LogP contribution in [0.25, 0.3) is 5.69 Å². The molecule has 0 aliphatic carbocycles. The zero-order valence-corrected chi connectivity index (χ0v) is 12.3. The van der Waals surface area contributed by atoms with E-state index < -0.39 is 0 Å². The van der Waals surface area contributed by atoms with Crippen LogP contribution in [0.5, 0.6) is 0 Å². The maximum Gasteiger partial charge on any atom is 0.172 e. The van der Waals surface area contributed by atoms with Crippen LogP contribution in [0.2, 0.25) is 0 Å². The van der Waals surface area contributed by atoms with Crippen LogP contribution in [0.4, 0.5) is 0 Å². The van der Waals surface area contributed by atoms with E-state index in [2.05, 4.69) is 36.3 Å². The minimum absolute atomic E-state index is 0.0926. The fourth-order valence-electron chi connectivity index (χ4n) is 2.67. The van der Waals surface area contributed by atoms with Crippen LogP contribution in [0.1, 0.15) is 60.5 Å². The Hall–Kier alpha value is -2.01. The average Bonchev–Trinajstić information content (AvgIpc) is 3.15. The van der Waals surface area contributed by atoms with E-state index in [0.29, 0.717) is 11.6 Å². The lowest BCUT2D eigenvalue weighted by molar-refractivity contribution is 0.102. The number of carbonyl (C=O) groups excluding carboxylic acids is 1. The monoisotopic (exact) mass is 285 g/mol. The Bertz CT molecular complexity index is 625. The molecular formula is C16H19N3O2. The molecule has 0 spiro atoms. The van der Waals surface area contributed by atoms with Crippen molar-refractivity contribution in [3.63, 3.8) is 0 Å². The lowest BCUT2D eigenvalue weighted by atomic mass is 10.0. The molecule has 1 atom stereocenters. The number of ether oxygens (including phenoxy) is 1. The van der Waals surface area contributed by atoms with Crippen LogP contribution in [0, 0.1) is 0 Å². The van der Waals surface area contributed by atoms with Crippen molar-refractivity contribution in [1.82, 2.24) is 15.0 Å². The third kappa shape index (κ3) is 2.61. The Kier molecular flexibility index (Phi) is 3.84. The molecule has 0 amide bonds. The molecule has 1 fully saturated rings. The normalized spacial score (nSPS) is 18.3. The molecule has 1 aromatic heterocycles. The minimum atomic E-state index is -0.0926. The van der Waals surface area contributed by atoms with Gasteiger partial charge >= 0.3 is 0 Å². The number of hydrogen-bond acceptors (Lipinski definition) is 4. The van der Waals surface area contributed by atoms with E-state index in [1.165, 1.54) is 5.56 Å². The standard InChI is InChI=1S/C16H19N3O2/c1-11(2)12-5-7-13(8-6-12)19-16(14(10-20)17-18-19)15-4-3-9-21-15/h5-8,10-11,15H,3-4,9H2,1-2H3. The van der Waals surface area contributed by atoms with Gasteiger partial charge in [0.05, 0.1) is 5.69 Å². The molecule has 1 aliphatic heterocycles. The summed E-state index contributed by atoms with van der Waals surface area (Å²) in [5.41, 5.74) is 3.31. The fraction of sp³-hybridized carbons (Fsp3) is 0.438. The molecule has 110 valence electrons. The molecule has 1 aromatic carbocycles. The van der Waals surface area contributed by atoms with E-state index in [1.54, 1.807) is 4.68 Å². The highest BCUT2D eigenvalue weighted by atomic mass is 16.5. The summed E-state index contributed by atoms with van der Waals surface area (Å²) in [5, 5.41) is 8.11. The third-order valence-electron chi connectivity index (χ3n) is 3.88. The average molecular weight is 285 g/mol. The highest BCUT2D eigenvalue weighted by molar-refractivity contribution is 5.73. The number of carbonyl (C=O) groups is 1. The summed E-state index contributed by atoms with van der Waals surface area (Å²) in [6.07, 6.45) is 2.56. The van der Waals surface area contributed by atoms with Gasteiger partial charge in [-0.15, -0.1) is 5.10 Å². The molecule has 5 heteroatoms. The van der Waals surface area contributed by atoms with Crippen LogP contribution < -0.4 is 0 Å². The van der Waals surface area contributed by atoms with Gasteiger partial charge in [0.1, 0.15) is 11.8 Å². The number of hydrogen-bond donors (Lipinski definition) is 0. The first-order chi connectivity index (χ1) is 10.2. The molecule has 1 unspecified atom stereocenters. The van der Waals surface area contributed by atoms with Crippen molar-refractivity contribution in [2.45, 2.75) is 38.7 Å². The Morgan fingerprint density at radius 2 is 2.10 bits per heavy atom. The van der Waals surface area contributed by atoms with Crippen molar-refractivity contribution in [3.8, 4) is 5.69 Å². The molecule has 0 saturated carbocycles. The van der Waals surface area contributed by atoms with Crippen molar-refractivity contribution in [2.75, 3.05) is 6.61 Å². The number of rotatable bonds is 4. The second kappa shape index (κ2) is 5.77. The molecule has 0 bridgehead atoms. The number of nitrogens with zero attached hydrogens (tertiary/aromatic N) is 3. The molecule has 5 nitrogen and oxygen atoms in total. The van der Waals surface area contributed by atoms with Crippen LogP contribution in [-0.2, 0) is 4.74 Å². The lowest BCUT2D eigenvalue weighted by Gasteiger charge is -2.13. The van der Waals surface area contributed by atoms with Crippen molar-refractivity contribution < 1.29 is 9.53 Å². The topological polar surface area (TPSA) is 57.0 Å². The number of benzene rings is 1. The quantitative estimate of drug-likeness (QED) is 0.810. The Labute approximate surface area is 123 Å². The number of aromatic nitrogens is 3. The molecule has 0 radical (unpaired) electrons. The van der Waals surface area contributed by atoms with E-state index in [9.17, 15) is 4.79 Å². The van der Waals surface area contributed by atoms with Gasteiger partial charge < -0.3 is 4.74 Å². The lowest BCUT2D eigenvalue weighted by Crippen LogP contribution is -2.09. The largest absolute Gasteiger partial charge is 0.372 e. The van der Waals surface area contributed by atoms with Crippen molar-refractivity contribution >= 4 is 6.29 Å². The Morgan fingerprint density at radius 3 is 2.67 bits per heavy atom. The van der Waals surface area contributed by atoms with E-state index in [-0.39, 0.29) is 6.10 Å². The van der Waals surface area contributed by atoms with Crippen molar-refractivity contribution in [2.24, 2.45) is 0 Å². The summed E-state index contributed by atoms with van der Waals surface area (Å²) >= 11 is 0. The van der Waals surface area contributed by atoms with E-state index >= 15 is 0 Å². The molecule has 0 N–H and O–H groups in total. The summed E-state index contributed by atoms with van der Waals surface area (Å²) in [5.74, 6) is 0.484. The molecule has 2 aromatic rings. The predicted octanol–water partition coefficient (Wildman–Crippen LogP) is 3.05. The summed E-state index contributed by atoms with van der Waals surface area (Å²) in [6, 6.07) is 8.19. The van der Waals surface area contributed by atoms with Gasteiger partial charge in [0.15, 0.2) is 12.0 Å². The van der Waals surface area contributed by atoms with Gasteiger partial charge in [-0.1, -0.05) is 31.2 Å². The zero-order chi connectivity index (χ0) is 14.8. The van der Waals surface area contributed by atoms with Gasteiger partial charge in [0.2, 0.25) is 0 Å². The Balaban J connectivity index is 2.01. The number of aldehydes is 1. The maximum absolute atomic E-state index is 11.2. The van der Waals surface area contributed by atoms with Crippen LogP contribution in [-0.4, -0.2) is 27.9 Å². The summed E-state index contributed by atoms with van der Waals surface area (Å²) in [6.45, 7) is 5.04. The summed E-state index contributed by atoms with van der Waals surface area (Å²) in [4.78, 5) is 11.2. The highest BCUT2D eigenvalue weighted by Crippen LogP contribution is 2.31. The van der Waals surface area contributed by atoms with E-state index in [4.69, 9.17) is 4.74 Å². The SMILES string of the molecule is CC(C)c1ccc(-n2nnc(C=O)c2C2CCCO2)cc1. The van der Waals surface area contributed by atoms with Gasteiger partial charge in [-0.25, -0.2) is 4.68 Å². The first-order valence-electron chi connectivity index (χ1n) is 7.33. The fourth-order valence-corrected chi connectivity index (χ4v) is 2.67.